The van der Waals surface area contributed by atoms with Crippen molar-refractivity contribution in [2.24, 2.45) is 0 Å². The Bertz CT molecular complexity index is 2720. The van der Waals surface area contributed by atoms with Gasteiger partial charge in [-0.15, -0.1) is 0 Å². The third kappa shape index (κ3) is 25.1. The summed E-state index contributed by atoms with van der Waals surface area (Å²) in [4.78, 5) is 77.3. The summed E-state index contributed by atoms with van der Waals surface area (Å²) in [6.07, 6.45) is 3.19. The van der Waals surface area contributed by atoms with Crippen LogP contribution in [0.1, 0.15) is 54.2 Å². The molecule has 360 valence electrons. The third-order valence-corrected chi connectivity index (χ3v) is 7.37. The van der Waals surface area contributed by atoms with E-state index in [1.807, 2.05) is 99.6 Å². The molecule has 7 aromatic rings. The molecule has 19 nitrogen and oxygen atoms in total. The van der Waals surface area contributed by atoms with Gasteiger partial charge in [-0.25, -0.2) is 9.97 Å². The number of ketones is 1. The first-order valence-corrected chi connectivity index (χ1v) is 20.8. The minimum Gasteiger partial charge on any atom is -0.431 e. The molecular formula is C48H58N9O10P. The van der Waals surface area contributed by atoms with Crippen molar-refractivity contribution in [3.05, 3.63) is 188 Å². The summed E-state index contributed by atoms with van der Waals surface area (Å²) in [5.74, 6) is -0.433. The number of carbonyl (C=O) groups excluding carboxylic acids is 3. The van der Waals surface area contributed by atoms with E-state index in [2.05, 4.69) is 36.6 Å². The number of hydrogen-bond donors (Lipinski definition) is 4. The van der Waals surface area contributed by atoms with Gasteiger partial charge in [-0.05, 0) is 62.4 Å². The molecule has 68 heavy (non-hydrogen) atoms. The number of esters is 1. The topological polar surface area (TPSA) is 299 Å². The molecule has 1 amide bonds. The predicted molar refractivity (Wildman–Crippen MR) is 270 cm³/mol. The first-order valence-electron chi connectivity index (χ1n) is 19.6. The van der Waals surface area contributed by atoms with E-state index in [-0.39, 0.29) is 69.8 Å². The molecule has 1 fully saturated rings. The minimum atomic E-state index is -0.594. The number of benzene rings is 5. The van der Waals surface area contributed by atoms with Gasteiger partial charge in [0.1, 0.15) is 29.3 Å². The van der Waals surface area contributed by atoms with Gasteiger partial charge in [0, 0.05) is 30.7 Å². The molecule has 0 atom stereocenters. The average Bonchev–Trinajstić information content (AvgIpc) is 3.28. The molecule has 0 spiro atoms. The monoisotopic (exact) mass is 951 g/mol. The van der Waals surface area contributed by atoms with E-state index in [1.54, 1.807) is 31.1 Å². The van der Waals surface area contributed by atoms with E-state index in [0.717, 1.165) is 33.4 Å². The second-order valence-corrected chi connectivity index (χ2v) is 12.9. The lowest BCUT2D eigenvalue weighted by Crippen LogP contribution is -2.15. The molecule has 0 unspecified atom stereocenters. The van der Waals surface area contributed by atoms with E-state index in [1.165, 1.54) is 43.5 Å². The number of cyclic esters (lactones) is 1. The zero-order valence-electron chi connectivity index (χ0n) is 36.8. The summed E-state index contributed by atoms with van der Waals surface area (Å²) >= 11 is 0. The van der Waals surface area contributed by atoms with Crippen LogP contribution in [0.2, 0.25) is 0 Å². The van der Waals surface area contributed by atoms with Gasteiger partial charge in [0.25, 0.3) is 16.9 Å². The number of rotatable bonds is 5. The van der Waals surface area contributed by atoms with Crippen LogP contribution in [0.3, 0.4) is 0 Å². The highest BCUT2D eigenvalue weighted by Crippen LogP contribution is 2.23. The van der Waals surface area contributed by atoms with Gasteiger partial charge < -0.3 is 26.5 Å². The van der Waals surface area contributed by atoms with Crippen LogP contribution >= 0.6 is 8.46 Å². The number of aryl methyl sites for hydroxylation is 1. The number of nitrogens with zero attached hydrogens (tertiary/aromatic N) is 5. The van der Waals surface area contributed by atoms with Crippen LogP contribution < -0.4 is 22.3 Å². The van der Waals surface area contributed by atoms with Crippen molar-refractivity contribution in [2.75, 3.05) is 23.4 Å². The van der Waals surface area contributed by atoms with Crippen molar-refractivity contribution in [1.82, 2.24) is 19.9 Å². The SMILES string of the molecule is C.C.C=C1CC(=O)O1.CC.CC(=O)CC(=O)Nc1ccccc1[N+](=O)[O-].CP=O.Cc1cnc2ccccc2n1.Nc1ccccc1.Nc1ccccc1[N+](=O)[O-].O=c1cnc2ccccc2[nH]1. The third-order valence-electron chi connectivity index (χ3n) is 7.37. The van der Waals surface area contributed by atoms with Crippen LogP contribution in [0.4, 0.5) is 28.4 Å². The number of hydrogen-bond acceptors (Lipinski definition) is 15. The largest absolute Gasteiger partial charge is 0.431 e. The molecule has 2 aromatic heterocycles. The smallest absolute Gasteiger partial charge is 0.318 e. The zero-order valence-corrected chi connectivity index (χ0v) is 37.7. The number of carbonyl (C=O) groups is 3. The number of anilines is 3. The van der Waals surface area contributed by atoms with Gasteiger partial charge in [0.15, 0.2) is 8.46 Å². The standard InChI is InChI=1S/C10H10N2O4.C9H8N2.C8H6N2O.C6H6N2O2.C6H7N.C4H4O2.C2H6.CH3OP.2CH4/c1-7(13)6-10(14)11-8-4-2-3-5-9(8)12(15)16;1-7-6-10-8-4-2-3-5-9(8)11-7;11-8-5-9-6-3-1-2-4-7(6)10-8;7-5-3-1-2-4-6(5)8(9)10;7-6-4-2-1-3-5-6;1-3-2-4(5)6-3;1-2;1-3-2;;/h2-5H,6H2,1H3,(H,11,14);2-6H,1H3;1-5H,(H,10,11);1-4H,7H2;1-5H,7H2;1-2H2;1-2H3;1H3;2*1H4. The van der Waals surface area contributed by atoms with Crippen molar-refractivity contribution < 1.29 is 33.5 Å². The number of nitro groups is 2. The Morgan fingerprint density at radius 2 is 1.24 bits per heavy atom. The van der Waals surface area contributed by atoms with Crippen molar-refractivity contribution in [3.63, 3.8) is 0 Å². The summed E-state index contributed by atoms with van der Waals surface area (Å²) in [7, 11) is 0.167. The average molecular weight is 952 g/mol. The van der Waals surface area contributed by atoms with Gasteiger partial charge in [0.2, 0.25) is 5.91 Å². The fraction of sp³-hybridized carbons (Fsp3) is 0.188. The van der Waals surface area contributed by atoms with Crippen molar-refractivity contribution in [3.8, 4) is 0 Å². The lowest BCUT2D eigenvalue weighted by atomic mass is 10.2. The maximum Gasteiger partial charge on any atom is 0.318 e. The van der Waals surface area contributed by atoms with Gasteiger partial charge in [0.05, 0.1) is 50.2 Å². The first-order chi connectivity index (χ1) is 31.5. The molecule has 3 heterocycles. The molecule has 8 rings (SSSR count). The number of para-hydroxylation sites is 9. The lowest BCUT2D eigenvalue weighted by molar-refractivity contribution is -0.384. The highest BCUT2D eigenvalue weighted by atomic mass is 31.1. The Labute approximate surface area is 396 Å². The number of fused-ring (bicyclic) bond motifs is 2. The van der Waals surface area contributed by atoms with E-state index in [9.17, 15) is 39.4 Å². The van der Waals surface area contributed by atoms with Crippen molar-refractivity contribution in [1.29, 1.82) is 0 Å². The van der Waals surface area contributed by atoms with Crippen LogP contribution in [-0.2, 0) is 23.7 Å². The highest BCUT2D eigenvalue weighted by Gasteiger charge is 2.18. The molecule has 0 saturated carbocycles. The summed E-state index contributed by atoms with van der Waals surface area (Å²) in [5.41, 5.74) is 15.8. The predicted octanol–water partition coefficient (Wildman–Crippen LogP) is 10.5. The van der Waals surface area contributed by atoms with E-state index < -0.39 is 15.8 Å². The number of H-pyrrole nitrogens is 1. The molecule has 1 aliphatic rings. The number of amides is 1. The fourth-order valence-electron chi connectivity index (χ4n) is 4.61. The molecule has 6 N–H and O–H groups in total. The number of nitro benzene ring substituents is 2. The molecule has 0 radical (unpaired) electrons. The second-order valence-electron chi connectivity index (χ2n) is 12.6. The van der Waals surface area contributed by atoms with Crippen molar-refractivity contribution in [2.45, 2.75) is 55.4 Å². The van der Waals surface area contributed by atoms with Crippen LogP contribution in [0, 0.1) is 27.2 Å². The summed E-state index contributed by atoms with van der Waals surface area (Å²) < 4.78 is 13.2. The van der Waals surface area contributed by atoms with E-state index in [4.69, 9.17) is 16.0 Å². The number of nitrogens with one attached hydrogen (secondary N) is 2. The second kappa shape index (κ2) is 34.8. The zero-order chi connectivity index (χ0) is 49.4. The number of Topliss-reactive ketones (excluding diaryl/α,β-unsaturated/α-hetero) is 1. The first kappa shape index (κ1) is 61.5. The highest BCUT2D eigenvalue weighted by molar-refractivity contribution is 7.22. The maximum atomic E-state index is 11.2. The van der Waals surface area contributed by atoms with Crippen molar-refractivity contribution >= 4 is 76.6 Å². The normalized spacial score (nSPS) is 9.90. The Kier molecular flexibility index (Phi) is 31.5. The van der Waals surface area contributed by atoms with Crippen LogP contribution in [0.15, 0.2) is 157 Å². The number of aromatic amines is 1. The molecule has 0 bridgehead atoms. The summed E-state index contributed by atoms with van der Waals surface area (Å²) in [6.45, 7) is 12.1. The number of nitrogen functional groups attached to an aromatic ring is 2. The van der Waals surface area contributed by atoms with E-state index >= 15 is 0 Å². The molecule has 1 aliphatic heterocycles. The fourth-order valence-corrected chi connectivity index (χ4v) is 4.61. The molecule has 20 heteroatoms. The minimum absolute atomic E-state index is 0. The van der Waals surface area contributed by atoms with Crippen LogP contribution in [0.5, 0.6) is 0 Å². The Morgan fingerprint density at radius 3 is 1.71 bits per heavy atom. The van der Waals surface area contributed by atoms with Crippen LogP contribution in [-0.4, -0.2) is 54.1 Å². The quantitative estimate of drug-likeness (QED) is 0.0311. The molecular weight excluding hydrogens is 894 g/mol. The van der Waals surface area contributed by atoms with Gasteiger partial charge >= 0.3 is 5.97 Å². The maximum absolute atomic E-state index is 11.2. The Morgan fingerprint density at radius 1 is 0.765 bits per heavy atom. The number of aromatic nitrogens is 4. The Balaban J connectivity index is 0. The molecule has 5 aromatic carbocycles. The summed E-state index contributed by atoms with van der Waals surface area (Å²) in [6, 6.07) is 36.6. The van der Waals surface area contributed by atoms with E-state index in [0.29, 0.717) is 12.2 Å². The van der Waals surface area contributed by atoms with Gasteiger partial charge in [-0.2, -0.15) is 0 Å². The molecule has 0 aliphatic carbocycles. The lowest BCUT2D eigenvalue weighted by Gasteiger charge is -2.12. The Hall–Kier alpha value is -8.57. The molecule has 1 saturated heterocycles. The van der Waals surface area contributed by atoms with Gasteiger partial charge in [-0.3, -0.25) is 49.0 Å². The van der Waals surface area contributed by atoms with Crippen LogP contribution in [0.25, 0.3) is 22.1 Å². The number of ether oxygens (including phenoxy) is 1. The summed E-state index contributed by atoms with van der Waals surface area (Å²) in [5, 5.41) is 23.1. The van der Waals surface area contributed by atoms with Gasteiger partial charge in [-0.1, -0.05) is 102 Å². The number of nitrogens with two attached hydrogens (primary N) is 2.